The number of carbonyl (C=O) groups is 1. The van der Waals surface area contributed by atoms with Crippen molar-refractivity contribution in [3.05, 3.63) is 29.1 Å². The molecule has 1 amide bonds. The van der Waals surface area contributed by atoms with Gasteiger partial charge in [-0.25, -0.2) is 13.8 Å². The number of sulfone groups is 1. The van der Waals surface area contributed by atoms with E-state index in [1.165, 1.54) is 11.3 Å². The van der Waals surface area contributed by atoms with Gasteiger partial charge in [0.2, 0.25) is 4.80 Å². The maximum atomic E-state index is 11.8. The van der Waals surface area contributed by atoms with Crippen LogP contribution >= 0.6 is 11.3 Å². The molecule has 23 heavy (non-hydrogen) atoms. The molecular formula is C15H21N3O3S2. The Hall–Kier alpha value is -1.67. The topological polar surface area (TPSA) is 80.5 Å². The molecule has 2 aromatic rings. The highest BCUT2D eigenvalue weighted by Crippen LogP contribution is 2.14. The molecule has 0 aliphatic heterocycles. The van der Waals surface area contributed by atoms with Crippen LogP contribution in [0.2, 0.25) is 0 Å². The maximum absolute atomic E-state index is 11.8. The van der Waals surface area contributed by atoms with E-state index in [0.29, 0.717) is 11.2 Å². The number of carbonyl (C=O) groups excluding carboxylic acids is 1. The van der Waals surface area contributed by atoms with Gasteiger partial charge in [-0.15, -0.1) is 5.10 Å². The first-order valence-corrected chi connectivity index (χ1v) is 10.1. The lowest BCUT2D eigenvalue weighted by atomic mass is 10.3. The zero-order valence-corrected chi connectivity index (χ0v) is 14.9. The minimum atomic E-state index is -3.37. The number of para-hydroxylation sites is 1. The molecule has 1 heterocycles. The van der Waals surface area contributed by atoms with Crippen molar-refractivity contribution >= 4 is 37.3 Å². The van der Waals surface area contributed by atoms with Gasteiger partial charge in [-0.1, -0.05) is 43.2 Å². The lowest BCUT2D eigenvalue weighted by Crippen LogP contribution is -2.30. The summed E-state index contributed by atoms with van der Waals surface area (Å²) in [6.07, 6.45) is 2.39. The fraction of sp³-hybridized carbons (Fsp3) is 0.467. The van der Waals surface area contributed by atoms with Crippen molar-refractivity contribution in [2.75, 3.05) is 11.5 Å². The summed E-state index contributed by atoms with van der Waals surface area (Å²) in [5.41, 5.74) is 3.36. The second kappa shape index (κ2) is 7.74. The highest BCUT2D eigenvalue weighted by atomic mass is 32.2. The van der Waals surface area contributed by atoms with Crippen molar-refractivity contribution in [1.29, 1.82) is 0 Å². The van der Waals surface area contributed by atoms with E-state index in [4.69, 9.17) is 0 Å². The Morgan fingerprint density at radius 2 is 2.04 bits per heavy atom. The molecule has 0 atom stereocenters. The number of nitrogens with zero attached hydrogens (tertiary/aromatic N) is 2. The third kappa shape index (κ3) is 4.90. The third-order valence-corrected chi connectivity index (χ3v) is 6.13. The Morgan fingerprint density at radius 1 is 1.30 bits per heavy atom. The largest absolute Gasteiger partial charge is 0.318 e. The summed E-state index contributed by atoms with van der Waals surface area (Å²) >= 11 is 1.43. The highest BCUT2D eigenvalue weighted by Gasteiger charge is 2.16. The van der Waals surface area contributed by atoms with Crippen LogP contribution in [0.3, 0.4) is 0 Å². The van der Waals surface area contributed by atoms with E-state index in [-0.39, 0.29) is 5.75 Å². The normalized spacial score (nSPS) is 12.7. The number of nitrogens with one attached hydrogen (secondary N) is 1. The summed E-state index contributed by atoms with van der Waals surface area (Å²) in [6.45, 7) is 2.00. The monoisotopic (exact) mass is 355 g/mol. The average Bonchev–Trinajstić information content (AvgIpc) is 2.82. The van der Waals surface area contributed by atoms with Crippen LogP contribution in [0.25, 0.3) is 10.2 Å². The molecule has 1 aromatic heterocycles. The number of aromatic nitrogens is 1. The standard InChI is InChI=1S/C15H21N3O3S2/c1-3-4-7-10-23(20,21)11-14(19)16-17-15-18(2)12-8-5-6-9-13(12)22-15/h5-6,8-9H,3-4,7,10-11H2,1-2H3,(H,16,19)/b17-15-. The molecule has 126 valence electrons. The number of thiazole rings is 1. The van der Waals surface area contributed by atoms with E-state index in [0.717, 1.165) is 23.1 Å². The quantitative estimate of drug-likeness (QED) is 0.607. The minimum Gasteiger partial charge on any atom is -0.318 e. The van der Waals surface area contributed by atoms with Crippen molar-refractivity contribution in [2.24, 2.45) is 12.1 Å². The number of hydrogen-bond donors (Lipinski definition) is 1. The molecule has 0 fully saturated rings. The molecule has 0 bridgehead atoms. The number of rotatable bonds is 7. The van der Waals surface area contributed by atoms with Gasteiger partial charge in [-0.3, -0.25) is 4.79 Å². The Balaban J connectivity index is 2.04. The van der Waals surface area contributed by atoms with Crippen LogP contribution in [0.4, 0.5) is 0 Å². The molecule has 0 unspecified atom stereocenters. The first kappa shape index (κ1) is 17.7. The fourth-order valence-corrected chi connectivity index (χ4v) is 4.41. The average molecular weight is 355 g/mol. The van der Waals surface area contributed by atoms with E-state index >= 15 is 0 Å². The third-order valence-electron chi connectivity index (χ3n) is 3.40. The van der Waals surface area contributed by atoms with Crippen LogP contribution in [0.1, 0.15) is 26.2 Å². The summed E-state index contributed by atoms with van der Waals surface area (Å²) in [7, 11) is -1.52. The first-order valence-electron chi connectivity index (χ1n) is 7.50. The Morgan fingerprint density at radius 3 is 2.74 bits per heavy atom. The van der Waals surface area contributed by atoms with Gasteiger partial charge < -0.3 is 4.57 Å². The van der Waals surface area contributed by atoms with Crippen LogP contribution < -0.4 is 10.2 Å². The number of unbranched alkanes of at least 4 members (excludes halogenated alkanes) is 2. The summed E-state index contributed by atoms with van der Waals surface area (Å²) < 4.78 is 26.6. The van der Waals surface area contributed by atoms with E-state index in [2.05, 4.69) is 10.5 Å². The molecular weight excluding hydrogens is 334 g/mol. The molecule has 1 aromatic carbocycles. The van der Waals surface area contributed by atoms with Crippen molar-refractivity contribution < 1.29 is 13.2 Å². The van der Waals surface area contributed by atoms with Gasteiger partial charge in [-0.05, 0) is 18.6 Å². The van der Waals surface area contributed by atoms with Crippen LogP contribution in [0.5, 0.6) is 0 Å². The molecule has 1 N–H and O–H groups in total. The zero-order valence-electron chi connectivity index (χ0n) is 13.3. The van der Waals surface area contributed by atoms with Gasteiger partial charge in [0.25, 0.3) is 5.91 Å². The molecule has 0 saturated heterocycles. The van der Waals surface area contributed by atoms with Crippen LogP contribution in [0, 0.1) is 0 Å². The van der Waals surface area contributed by atoms with E-state index in [1.54, 1.807) is 0 Å². The summed E-state index contributed by atoms with van der Waals surface area (Å²) in [5, 5.41) is 4.04. The Labute approximate surface area is 139 Å². The molecule has 0 aliphatic rings. The number of aryl methyl sites for hydroxylation is 1. The summed E-state index contributed by atoms with van der Waals surface area (Å²) in [5.74, 6) is -1.07. The van der Waals surface area contributed by atoms with Crippen LogP contribution in [0.15, 0.2) is 29.4 Å². The molecule has 6 nitrogen and oxygen atoms in total. The van der Waals surface area contributed by atoms with Crippen LogP contribution in [-0.2, 0) is 21.7 Å². The lowest BCUT2D eigenvalue weighted by Gasteiger charge is -2.02. The van der Waals surface area contributed by atoms with Crippen molar-refractivity contribution in [3.8, 4) is 0 Å². The SMILES string of the molecule is CCCCCS(=O)(=O)CC(=O)N/N=c1\sc2ccccc2n1C. The van der Waals surface area contributed by atoms with Gasteiger partial charge in [-0.2, -0.15) is 0 Å². The van der Waals surface area contributed by atoms with Crippen LogP contribution in [-0.4, -0.2) is 30.4 Å². The smallest absolute Gasteiger partial charge is 0.255 e. The molecule has 0 spiro atoms. The van der Waals surface area contributed by atoms with Crippen molar-refractivity contribution in [1.82, 2.24) is 9.99 Å². The molecule has 0 saturated carbocycles. The summed E-state index contributed by atoms with van der Waals surface area (Å²) in [4.78, 5) is 12.4. The second-order valence-corrected chi connectivity index (χ2v) is 8.55. The fourth-order valence-electron chi connectivity index (χ4n) is 2.17. The van der Waals surface area contributed by atoms with E-state index < -0.39 is 21.5 Å². The number of hydrogen-bond acceptors (Lipinski definition) is 5. The molecule has 0 aliphatic carbocycles. The molecule has 0 radical (unpaired) electrons. The van der Waals surface area contributed by atoms with Gasteiger partial charge in [0.05, 0.1) is 16.0 Å². The van der Waals surface area contributed by atoms with Gasteiger partial charge >= 0.3 is 0 Å². The van der Waals surface area contributed by atoms with E-state index in [9.17, 15) is 13.2 Å². The molecule has 2 rings (SSSR count). The van der Waals surface area contributed by atoms with Gasteiger partial charge in [0, 0.05) is 7.05 Å². The summed E-state index contributed by atoms with van der Waals surface area (Å²) in [6, 6.07) is 7.80. The van der Waals surface area contributed by atoms with Crippen molar-refractivity contribution in [3.63, 3.8) is 0 Å². The zero-order chi connectivity index (χ0) is 16.9. The van der Waals surface area contributed by atoms with Gasteiger partial charge in [0.15, 0.2) is 9.84 Å². The lowest BCUT2D eigenvalue weighted by molar-refractivity contribution is -0.118. The maximum Gasteiger partial charge on any atom is 0.255 e. The van der Waals surface area contributed by atoms with Crippen molar-refractivity contribution in [2.45, 2.75) is 26.2 Å². The minimum absolute atomic E-state index is 0.0466. The number of fused-ring (bicyclic) bond motifs is 1. The van der Waals surface area contributed by atoms with Gasteiger partial charge in [0.1, 0.15) is 5.75 Å². The number of amides is 1. The first-order chi connectivity index (χ1) is 10.9. The second-order valence-electron chi connectivity index (χ2n) is 5.36. The highest BCUT2D eigenvalue weighted by molar-refractivity contribution is 7.92. The Bertz CT molecular complexity index is 850. The molecule has 8 heteroatoms. The predicted octanol–water partition coefficient (Wildman–Crippen LogP) is 1.78. The predicted molar refractivity (Wildman–Crippen MR) is 92.7 cm³/mol. The Kier molecular flexibility index (Phi) is 5.95. The number of benzene rings is 1. The van der Waals surface area contributed by atoms with E-state index in [1.807, 2.05) is 42.8 Å².